The molecule has 0 bridgehead atoms. The van der Waals surface area contributed by atoms with Gasteiger partial charge in [-0.15, -0.1) is 22.7 Å². The zero-order chi connectivity index (χ0) is 17.8. The smallest absolute Gasteiger partial charge is 0.280 e. The standard InChI is InChI=1S/C16H18N4O3S2/c17-14(22)11-3-9-25-15(11)18-13(21)10-19-4-6-20(7-5-19)16(23)12-2-1-8-24-12/h1-3,8-9H,4-7,10H2,(H2,17,22)(H,18,21)/p+1. The van der Waals surface area contributed by atoms with Crippen molar-refractivity contribution < 1.29 is 19.3 Å². The summed E-state index contributed by atoms with van der Waals surface area (Å²) >= 11 is 2.72. The lowest BCUT2D eigenvalue weighted by molar-refractivity contribution is -0.895. The Kier molecular flexibility index (Phi) is 5.47. The van der Waals surface area contributed by atoms with Crippen LogP contribution in [-0.4, -0.2) is 55.3 Å². The van der Waals surface area contributed by atoms with Gasteiger partial charge in [0.2, 0.25) is 0 Å². The van der Waals surface area contributed by atoms with E-state index in [9.17, 15) is 14.4 Å². The number of anilines is 1. The Morgan fingerprint density at radius 2 is 1.92 bits per heavy atom. The summed E-state index contributed by atoms with van der Waals surface area (Å²) in [6, 6.07) is 5.30. The molecule has 9 heteroatoms. The first-order valence-electron chi connectivity index (χ1n) is 7.88. The number of carbonyl (C=O) groups is 3. The van der Waals surface area contributed by atoms with Crippen molar-refractivity contribution in [2.75, 3.05) is 38.0 Å². The number of nitrogens with one attached hydrogen (secondary N) is 2. The van der Waals surface area contributed by atoms with Gasteiger partial charge < -0.3 is 20.9 Å². The molecule has 1 aliphatic heterocycles. The Bertz CT molecular complexity index is 764. The van der Waals surface area contributed by atoms with Crippen LogP contribution in [0.3, 0.4) is 0 Å². The zero-order valence-corrected chi connectivity index (χ0v) is 15.1. The van der Waals surface area contributed by atoms with Gasteiger partial charge in [0, 0.05) is 0 Å². The number of quaternary nitrogens is 1. The van der Waals surface area contributed by atoms with Crippen molar-refractivity contribution in [3.63, 3.8) is 0 Å². The largest absolute Gasteiger partial charge is 0.366 e. The topological polar surface area (TPSA) is 96.9 Å². The van der Waals surface area contributed by atoms with Gasteiger partial charge in [-0.1, -0.05) is 6.07 Å². The molecule has 1 saturated heterocycles. The highest BCUT2D eigenvalue weighted by Gasteiger charge is 2.26. The SMILES string of the molecule is NC(=O)c1ccsc1NC(=O)C[NH+]1CCN(C(=O)c2cccs2)CC1. The lowest BCUT2D eigenvalue weighted by Crippen LogP contribution is -3.15. The minimum Gasteiger partial charge on any atom is -0.366 e. The molecule has 7 nitrogen and oxygen atoms in total. The van der Waals surface area contributed by atoms with Crippen LogP contribution >= 0.6 is 22.7 Å². The normalized spacial score (nSPS) is 15.1. The third kappa shape index (κ3) is 4.25. The summed E-state index contributed by atoms with van der Waals surface area (Å²) in [6.07, 6.45) is 0. The number of piperazine rings is 1. The third-order valence-corrected chi connectivity index (χ3v) is 5.77. The van der Waals surface area contributed by atoms with Crippen molar-refractivity contribution in [1.29, 1.82) is 0 Å². The molecule has 0 aromatic carbocycles. The van der Waals surface area contributed by atoms with Gasteiger partial charge in [0.15, 0.2) is 6.54 Å². The van der Waals surface area contributed by atoms with Gasteiger partial charge in [0.1, 0.15) is 5.00 Å². The highest BCUT2D eigenvalue weighted by molar-refractivity contribution is 7.14. The van der Waals surface area contributed by atoms with Crippen LogP contribution < -0.4 is 16.0 Å². The number of nitrogens with zero attached hydrogens (tertiary/aromatic N) is 1. The van der Waals surface area contributed by atoms with E-state index < -0.39 is 5.91 Å². The molecule has 3 rings (SSSR count). The molecular formula is C16H19N4O3S2+. The third-order valence-electron chi connectivity index (χ3n) is 4.08. The van der Waals surface area contributed by atoms with E-state index in [4.69, 9.17) is 5.73 Å². The minimum atomic E-state index is -0.551. The van der Waals surface area contributed by atoms with E-state index in [-0.39, 0.29) is 11.8 Å². The van der Waals surface area contributed by atoms with Gasteiger partial charge in [0.05, 0.1) is 36.6 Å². The molecule has 2 aromatic heterocycles. The van der Waals surface area contributed by atoms with Gasteiger partial charge in [-0.05, 0) is 22.9 Å². The summed E-state index contributed by atoms with van der Waals surface area (Å²) in [6.45, 7) is 3.00. The quantitative estimate of drug-likeness (QED) is 0.676. The van der Waals surface area contributed by atoms with Crippen molar-refractivity contribution in [2.24, 2.45) is 5.73 Å². The Balaban J connectivity index is 1.49. The molecule has 0 radical (unpaired) electrons. The molecule has 0 saturated carbocycles. The summed E-state index contributed by atoms with van der Waals surface area (Å²) < 4.78 is 0. The van der Waals surface area contributed by atoms with Crippen LogP contribution in [0.1, 0.15) is 20.0 Å². The van der Waals surface area contributed by atoms with Gasteiger partial charge in [0.25, 0.3) is 17.7 Å². The van der Waals surface area contributed by atoms with Crippen molar-refractivity contribution >= 4 is 45.4 Å². The highest BCUT2D eigenvalue weighted by atomic mass is 32.1. The number of nitrogens with two attached hydrogens (primary N) is 1. The van der Waals surface area contributed by atoms with Gasteiger partial charge >= 0.3 is 0 Å². The first kappa shape index (κ1) is 17.6. The fraction of sp³-hybridized carbons (Fsp3) is 0.312. The van der Waals surface area contributed by atoms with Crippen molar-refractivity contribution in [3.05, 3.63) is 39.4 Å². The Hall–Kier alpha value is -2.23. The van der Waals surface area contributed by atoms with Crippen molar-refractivity contribution in [1.82, 2.24) is 4.90 Å². The maximum absolute atomic E-state index is 12.3. The molecule has 132 valence electrons. The van der Waals surface area contributed by atoms with Crippen LogP contribution in [0.2, 0.25) is 0 Å². The number of primary amides is 1. The molecule has 2 aromatic rings. The second kappa shape index (κ2) is 7.77. The summed E-state index contributed by atoms with van der Waals surface area (Å²) in [4.78, 5) is 39.5. The second-order valence-corrected chi connectivity index (χ2v) is 7.64. The van der Waals surface area contributed by atoms with Crippen LogP contribution in [-0.2, 0) is 4.79 Å². The van der Waals surface area contributed by atoms with Crippen LogP contribution in [0.15, 0.2) is 29.0 Å². The maximum Gasteiger partial charge on any atom is 0.280 e. The number of thiophene rings is 2. The van der Waals surface area contributed by atoms with E-state index in [1.165, 1.54) is 22.7 Å². The molecule has 1 fully saturated rings. The van der Waals surface area contributed by atoms with E-state index in [1.807, 2.05) is 22.4 Å². The molecular weight excluding hydrogens is 360 g/mol. The number of hydrogen-bond acceptors (Lipinski definition) is 5. The first-order valence-corrected chi connectivity index (χ1v) is 9.64. The molecule has 0 atom stereocenters. The average molecular weight is 379 g/mol. The highest BCUT2D eigenvalue weighted by Crippen LogP contribution is 2.22. The van der Waals surface area contributed by atoms with Crippen molar-refractivity contribution in [2.45, 2.75) is 0 Å². The molecule has 0 unspecified atom stereocenters. The molecule has 25 heavy (non-hydrogen) atoms. The average Bonchev–Trinajstić information content (AvgIpc) is 3.26. The summed E-state index contributed by atoms with van der Waals surface area (Å²) in [5.74, 6) is -0.647. The molecule has 4 N–H and O–H groups in total. The predicted octanol–water partition coefficient (Wildman–Crippen LogP) is -0.112. The van der Waals surface area contributed by atoms with Crippen LogP contribution in [0.25, 0.3) is 0 Å². The Labute approximate surface area is 153 Å². The van der Waals surface area contributed by atoms with Gasteiger partial charge in [-0.2, -0.15) is 0 Å². The molecule has 3 heterocycles. The Morgan fingerprint density at radius 3 is 2.56 bits per heavy atom. The van der Waals surface area contributed by atoms with E-state index >= 15 is 0 Å². The summed E-state index contributed by atoms with van der Waals surface area (Å²) in [5, 5.41) is 6.86. The zero-order valence-electron chi connectivity index (χ0n) is 13.5. The van der Waals surface area contributed by atoms with E-state index in [0.717, 1.165) is 22.9 Å². The van der Waals surface area contributed by atoms with E-state index in [0.29, 0.717) is 30.2 Å². The van der Waals surface area contributed by atoms with Gasteiger partial charge in [-0.3, -0.25) is 14.4 Å². The second-order valence-electron chi connectivity index (χ2n) is 5.77. The Morgan fingerprint density at radius 1 is 1.16 bits per heavy atom. The number of rotatable bonds is 5. The molecule has 1 aliphatic rings. The number of carbonyl (C=O) groups excluding carboxylic acids is 3. The summed E-state index contributed by atoms with van der Waals surface area (Å²) in [7, 11) is 0. The van der Waals surface area contributed by atoms with Crippen molar-refractivity contribution in [3.8, 4) is 0 Å². The predicted molar refractivity (Wildman–Crippen MR) is 97.3 cm³/mol. The van der Waals surface area contributed by atoms with E-state index in [1.54, 1.807) is 11.4 Å². The first-order chi connectivity index (χ1) is 12.0. The molecule has 0 spiro atoms. The fourth-order valence-electron chi connectivity index (χ4n) is 2.76. The van der Waals surface area contributed by atoms with Crippen LogP contribution in [0.4, 0.5) is 5.00 Å². The van der Waals surface area contributed by atoms with Gasteiger partial charge in [-0.25, -0.2) is 0 Å². The fourth-order valence-corrected chi connectivity index (χ4v) is 4.26. The number of amides is 3. The lowest BCUT2D eigenvalue weighted by Gasteiger charge is -2.31. The maximum atomic E-state index is 12.3. The summed E-state index contributed by atoms with van der Waals surface area (Å²) in [5.41, 5.74) is 5.61. The van der Waals surface area contributed by atoms with Crippen LogP contribution in [0.5, 0.6) is 0 Å². The molecule has 0 aliphatic carbocycles. The van der Waals surface area contributed by atoms with E-state index in [2.05, 4.69) is 5.32 Å². The minimum absolute atomic E-state index is 0.0585. The molecule has 3 amide bonds. The van der Waals surface area contributed by atoms with Crippen LogP contribution in [0, 0.1) is 0 Å². The number of hydrogen-bond donors (Lipinski definition) is 3. The monoisotopic (exact) mass is 379 g/mol. The lowest BCUT2D eigenvalue weighted by atomic mass is 10.3.